The van der Waals surface area contributed by atoms with Gasteiger partial charge in [-0.3, -0.25) is 30.2 Å². The summed E-state index contributed by atoms with van der Waals surface area (Å²) in [6.07, 6.45) is 6.60. The van der Waals surface area contributed by atoms with Gasteiger partial charge in [-0.25, -0.2) is 29.1 Å². The molecule has 8 amide bonds. The third-order valence-corrected chi connectivity index (χ3v) is 6.25. The maximum absolute atomic E-state index is 11.9. The van der Waals surface area contributed by atoms with Crippen LogP contribution in [0.5, 0.6) is 0 Å². The van der Waals surface area contributed by atoms with Crippen LogP contribution in [0.3, 0.4) is 0 Å². The van der Waals surface area contributed by atoms with Crippen LogP contribution >= 0.6 is 0 Å². The van der Waals surface area contributed by atoms with Gasteiger partial charge in [-0.1, -0.05) is 25.7 Å². The number of unbranched alkanes of at least 4 members (excludes halogenated alkanes) is 6. The summed E-state index contributed by atoms with van der Waals surface area (Å²) >= 11 is 0. The van der Waals surface area contributed by atoms with Crippen LogP contribution in [0, 0.1) is 13.8 Å². The van der Waals surface area contributed by atoms with Gasteiger partial charge in [0.25, 0.3) is 11.1 Å². The zero-order valence-corrected chi connectivity index (χ0v) is 26.4. The molecule has 18 nitrogen and oxygen atoms in total. The average Bonchev–Trinajstić information content (AvgIpc) is 2.97. The Labute approximate surface area is 266 Å². The fourth-order valence-electron chi connectivity index (χ4n) is 4.07. The Balaban J connectivity index is 1.34. The number of hydrogen-bond acceptors (Lipinski definition) is 8. The molecule has 0 saturated heterocycles. The van der Waals surface area contributed by atoms with Gasteiger partial charge in [0, 0.05) is 62.8 Å². The van der Waals surface area contributed by atoms with Crippen LogP contribution < -0.4 is 53.7 Å². The predicted octanol–water partition coefficient (Wildman–Crippen LogP) is 1.13. The molecule has 2 aromatic rings. The number of hydrogen-bond donors (Lipinski definition) is 10. The largest absolute Gasteiger partial charge is 0.338 e. The lowest BCUT2D eigenvalue weighted by Crippen LogP contribution is -2.43. The van der Waals surface area contributed by atoms with Crippen LogP contribution in [0.4, 0.5) is 31.1 Å². The van der Waals surface area contributed by atoms with Crippen molar-refractivity contribution in [1.82, 2.24) is 51.8 Å². The minimum absolute atomic E-state index is 0.0968. The van der Waals surface area contributed by atoms with E-state index in [0.29, 0.717) is 37.6 Å². The first-order chi connectivity index (χ1) is 22.1. The number of nitrogens with one attached hydrogen (secondary N) is 10. The van der Waals surface area contributed by atoms with E-state index in [1.807, 2.05) is 0 Å². The topological polar surface area (TPSA) is 256 Å². The van der Waals surface area contributed by atoms with Crippen LogP contribution in [0.1, 0.15) is 62.8 Å². The molecule has 0 aliphatic heterocycles. The monoisotopic (exact) mass is 646 g/mol. The van der Waals surface area contributed by atoms with Gasteiger partial charge in [-0.15, -0.1) is 0 Å². The molecule has 0 aliphatic rings. The first-order valence-corrected chi connectivity index (χ1v) is 15.4. The number of anilines is 2. The minimum Gasteiger partial charge on any atom is -0.338 e. The highest BCUT2D eigenvalue weighted by atomic mass is 16.2. The van der Waals surface area contributed by atoms with E-state index < -0.39 is 12.1 Å². The van der Waals surface area contributed by atoms with Crippen molar-refractivity contribution < 1.29 is 19.2 Å². The number of rotatable bonds is 19. The second-order valence-corrected chi connectivity index (χ2v) is 10.4. The summed E-state index contributed by atoms with van der Waals surface area (Å²) in [6.45, 7) is 5.85. The van der Waals surface area contributed by atoms with Crippen LogP contribution in [-0.4, -0.2) is 83.3 Å². The molecule has 0 fully saturated rings. The van der Waals surface area contributed by atoms with Gasteiger partial charge in [0.2, 0.25) is 11.9 Å². The summed E-state index contributed by atoms with van der Waals surface area (Å²) in [6, 6.07) is 1.16. The Bertz CT molecular complexity index is 1280. The molecule has 0 spiro atoms. The third kappa shape index (κ3) is 17.8. The Hall–Kier alpha value is -5.16. The predicted molar refractivity (Wildman–Crippen MR) is 173 cm³/mol. The van der Waals surface area contributed by atoms with Gasteiger partial charge in [0.1, 0.15) is 0 Å². The highest BCUT2D eigenvalue weighted by molar-refractivity contribution is 5.87. The molecule has 0 atom stereocenters. The van der Waals surface area contributed by atoms with Crippen molar-refractivity contribution in [2.75, 3.05) is 49.9 Å². The Morgan fingerprint density at radius 3 is 1.13 bits per heavy atom. The molecule has 18 heteroatoms. The quantitative estimate of drug-likeness (QED) is 0.0988. The second kappa shape index (κ2) is 21.5. The first-order valence-electron chi connectivity index (χ1n) is 15.4. The van der Waals surface area contributed by atoms with Crippen molar-refractivity contribution in [2.45, 2.75) is 65.2 Å². The van der Waals surface area contributed by atoms with E-state index in [0.717, 1.165) is 51.4 Å². The van der Waals surface area contributed by atoms with E-state index in [9.17, 15) is 28.8 Å². The summed E-state index contributed by atoms with van der Waals surface area (Å²) in [5, 5.41) is 21.3. The highest BCUT2D eigenvalue weighted by Crippen LogP contribution is 2.00. The fraction of sp³-hybridized carbons (Fsp3) is 0.571. The Morgan fingerprint density at radius 2 is 0.804 bits per heavy atom. The number of carbonyl (C=O) groups is 4. The van der Waals surface area contributed by atoms with Crippen molar-refractivity contribution in [3.05, 3.63) is 44.2 Å². The maximum Gasteiger partial charge on any atom is 0.321 e. The normalized spacial score (nSPS) is 10.4. The van der Waals surface area contributed by atoms with E-state index >= 15 is 0 Å². The number of nitrogens with zero attached hydrogens (tertiary/aromatic N) is 2. The van der Waals surface area contributed by atoms with Gasteiger partial charge in [-0.05, 0) is 39.5 Å². The number of amides is 8. The van der Waals surface area contributed by atoms with Gasteiger partial charge >= 0.3 is 24.1 Å². The molecule has 10 N–H and O–H groups in total. The summed E-state index contributed by atoms with van der Waals surface area (Å²) in [5.41, 5.74) is 0.339. The average molecular weight is 647 g/mol. The van der Waals surface area contributed by atoms with Crippen molar-refractivity contribution in [3.8, 4) is 0 Å². The maximum atomic E-state index is 11.9. The Morgan fingerprint density at radius 1 is 0.500 bits per heavy atom. The lowest BCUT2D eigenvalue weighted by Gasteiger charge is -2.10. The van der Waals surface area contributed by atoms with Crippen LogP contribution in [0.25, 0.3) is 0 Å². The molecular weight excluding hydrogens is 600 g/mol. The van der Waals surface area contributed by atoms with Gasteiger partial charge in [-0.2, -0.15) is 0 Å². The van der Waals surface area contributed by atoms with Crippen LogP contribution in [-0.2, 0) is 0 Å². The van der Waals surface area contributed by atoms with E-state index in [-0.39, 0.29) is 48.2 Å². The summed E-state index contributed by atoms with van der Waals surface area (Å²) in [4.78, 5) is 83.2. The minimum atomic E-state index is -0.445. The summed E-state index contributed by atoms with van der Waals surface area (Å²) in [5.74, 6) is 0.194. The molecule has 46 heavy (non-hydrogen) atoms. The molecule has 2 heterocycles. The summed E-state index contributed by atoms with van der Waals surface area (Å²) < 4.78 is 0. The van der Waals surface area contributed by atoms with Crippen molar-refractivity contribution in [1.29, 1.82) is 0 Å². The Kier molecular flexibility index (Phi) is 17.3. The lowest BCUT2D eigenvalue weighted by molar-refractivity contribution is 0.236. The van der Waals surface area contributed by atoms with Gasteiger partial charge < -0.3 is 31.9 Å². The van der Waals surface area contributed by atoms with Crippen LogP contribution in [0.15, 0.2) is 21.7 Å². The van der Waals surface area contributed by atoms with E-state index in [2.05, 4.69) is 62.5 Å². The zero-order chi connectivity index (χ0) is 33.6. The van der Waals surface area contributed by atoms with Gasteiger partial charge in [0.15, 0.2) is 0 Å². The van der Waals surface area contributed by atoms with Crippen molar-refractivity contribution in [3.63, 3.8) is 0 Å². The molecule has 2 aromatic heterocycles. The molecule has 254 valence electrons. The van der Waals surface area contributed by atoms with E-state index in [1.54, 1.807) is 13.8 Å². The highest BCUT2D eigenvalue weighted by Gasteiger charge is 2.06. The van der Waals surface area contributed by atoms with E-state index in [1.165, 1.54) is 12.1 Å². The number of urea groups is 4. The van der Waals surface area contributed by atoms with Crippen molar-refractivity contribution in [2.24, 2.45) is 0 Å². The molecule has 0 saturated carbocycles. The number of H-pyrrole nitrogens is 2. The van der Waals surface area contributed by atoms with Crippen LogP contribution in [0.2, 0.25) is 0 Å². The molecule has 0 aliphatic carbocycles. The SMILES string of the molecule is Cc1cc(=O)[nH]c(NC(=O)NCCCCCCNC(=O)NCCNC(=O)NCCCCCCNC(=O)Nc2nc(C)cc(=O)[nH]2)n1. The summed E-state index contributed by atoms with van der Waals surface area (Å²) in [7, 11) is 0. The number of aromatic nitrogens is 4. The smallest absolute Gasteiger partial charge is 0.321 e. The second-order valence-electron chi connectivity index (χ2n) is 10.4. The number of aryl methyl sites for hydroxylation is 2. The molecule has 0 aromatic carbocycles. The number of aromatic amines is 2. The van der Waals surface area contributed by atoms with E-state index in [4.69, 9.17) is 0 Å². The third-order valence-electron chi connectivity index (χ3n) is 6.25. The van der Waals surface area contributed by atoms with Crippen molar-refractivity contribution >= 4 is 36.0 Å². The zero-order valence-electron chi connectivity index (χ0n) is 26.4. The molecule has 2 rings (SSSR count). The fourth-order valence-corrected chi connectivity index (χ4v) is 4.07. The van der Waals surface area contributed by atoms with Gasteiger partial charge in [0.05, 0.1) is 0 Å². The first kappa shape index (κ1) is 37.0. The standard InChI is InChI=1S/C28H46N12O6/c1-19-17-21(41)37-23(35-19)39-27(45)31-13-9-5-3-7-11-29-25(43)33-15-16-34-26(44)30-12-8-4-6-10-14-32-28(46)40-24-36-20(2)18-22(42)38-24/h17-18H,3-16H2,1-2H3,(H2,29,33,43)(H2,30,34,44)(H3,31,35,37,39,41,45)(H3,32,36,38,40,42,46). The molecule has 0 unspecified atom stereocenters. The molecule has 0 radical (unpaired) electrons. The number of carbonyl (C=O) groups excluding carboxylic acids is 4. The molecular formula is C28H46N12O6. The molecule has 0 bridgehead atoms. The lowest BCUT2D eigenvalue weighted by atomic mass is 10.2.